The highest BCUT2D eigenvalue weighted by molar-refractivity contribution is 6.15. The molecular formula is C16H13FN2. The average molecular weight is 252 g/mol. The van der Waals surface area contributed by atoms with Gasteiger partial charge in [0.2, 0.25) is 0 Å². The summed E-state index contributed by atoms with van der Waals surface area (Å²) >= 11 is 0. The van der Waals surface area contributed by atoms with Gasteiger partial charge in [0.05, 0.1) is 5.71 Å². The van der Waals surface area contributed by atoms with Crippen molar-refractivity contribution in [1.29, 1.82) is 0 Å². The molecule has 0 aliphatic carbocycles. The van der Waals surface area contributed by atoms with Crippen LogP contribution in [0.1, 0.15) is 17.5 Å². The van der Waals surface area contributed by atoms with E-state index in [4.69, 9.17) is 0 Å². The standard InChI is InChI=1S/C16H13FN2/c17-15-5-3-12(4-6-15)10-13-7-9-19-16(13)14-2-1-8-18-11-14/h1-6,8,10-11H,7,9H2/b13-10+. The predicted octanol–water partition coefficient (Wildman–Crippen LogP) is 3.50. The number of rotatable bonds is 2. The number of halogens is 1. The molecule has 0 bridgehead atoms. The lowest BCUT2D eigenvalue weighted by molar-refractivity contribution is 0.628. The summed E-state index contributed by atoms with van der Waals surface area (Å²) in [5, 5.41) is 0. The normalized spacial score (nSPS) is 16.7. The van der Waals surface area contributed by atoms with Gasteiger partial charge in [-0.05, 0) is 47.9 Å². The molecule has 94 valence electrons. The first-order valence-electron chi connectivity index (χ1n) is 6.24. The Hall–Kier alpha value is -2.29. The quantitative estimate of drug-likeness (QED) is 0.803. The van der Waals surface area contributed by atoms with Crippen molar-refractivity contribution in [2.24, 2.45) is 4.99 Å². The van der Waals surface area contributed by atoms with Crippen molar-refractivity contribution in [2.45, 2.75) is 6.42 Å². The highest BCUT2D eigenvalue weighted by Crippen LogP contribution is 2.21. The van der Waals surface area contributed by atoms with E-state index in [-0.39, 0.29) is 5.82 Å². The first-order chi connectivity index (χ1) is 9.33. The third-order valence-corrected chi connectivity index (χ3v) is 3.10. The number of nitrogens with zero attached hydrogens (tertiary/aromatic N) is 2. The Morgan fingerprint density at radius 1 is 1.11 bits per heavy atom. The predicted molar refractivity (Wildman–Crippen MR) is 74.6 cm³/mol. The Bertz CT molecular complexity index is 628. The van der Waals surface area contributed by atoms with E-state index in [9.17, 15) is 4.39 Å². The zero-order chi connectivity index (χ0) is 13.1. The average Bonchev–Trinajstić information content (AvgIpc) is 2.90. The van der Waals surface area contributed by atoms with E-state index in [1.165, 1.54) is 17.7 Å². The van der Waals surface area contributed by atoms with Gasteiger partial charge in [-0.2, -0.15) is 0 Å². The van der Waals surface area contributed by atoms with Crippen LogP contribution >= 0.6 is 0 Å². The summed E-state index contributed by atoms with van der Waals surface area (Å²) in [5.41, 5.74) is 4.21. The summed E-state index contributed by atoms with van der Waals surface area (Å²) in [5.74, 6) is -0.213. The van der Waals surface area contributed by atoms with E-state index in [1.54, 1.807) is 18.3 Å². The maximum atomic E-state index is 12.9. The molecule has 19 heavy (non-hydrogen) atoms. The van der Waals surface area contributed by atoms with Gasteiger partial charge in [0.1, 0.15) is 5.82 Å². The van der Waals surface area contributed by atoms with Crippen LogP contribution in [0.2, 0.25) is 0 Å². The molecule has 0 fully saturated rings. The molecule has 1 aromatic carbocycles. The largest absolute Gasteiger partial charge is 0.284 e. The molecule has 1 aliphatic rings. The van der Waals surface area contributed by atoms with Crippen LogP contribution in [0.5, 0.6) is 0 Å². The van der Waals surface area contributed by atoms with E-state index in [1.807, 2.05) is 18.3 Å². The summed E-state index contributed by atoms with van der Waals surface area (Å²) < 4.78 is 12.9. The zero-order valence-corrected chi connectivity index (χ0v) is 10.4. The number of hydrogen-bond donors (Lipinski definition) is 0. The number of pyridine rings is 1. The first kappa shape index (κ1) is 11.8. The van der Waals surface area contributed by atoms with E-state index in [2.05, 4.69) is 16.1 Å². The van der Waals surface area contributed by atoms with Gasteiger partial charge < -0.3 is 0 Å². The molecule has 1 aliphatic heterocycles. The van der Waals surface area contributed by atoms with Crippen molar-refractivity contribution in [2.75, 3.05) is 6.54 Å². The van der Waals surface area contributed by atoms with Crippen molar-refractivity contribution in [3.8, 4) is 0 Å². The molecule has 2 heterocycles. The molecular weight excluding hydrogens is 239 g/mol. The van der Waals surface area contributed by atoms with Crippen LogP contribution in [0.4, 0.5) is 4.39 Å². The molecule has 2 nitrogen and oxygen atoms in total. The van der Waals surface area contributed by atoms with Crippen molar-refractivity contribution in [3.05, 3.63) is 71.3 Å². The minimum absolute atomic E-state index is 0.213. The van der Waals surface area contributed by atoms with E-state index in [0.29, 0.717) is 0 Å². The number of aliphatic imine (C=N–C) groups is 1. The topological polar surface area (TPSA) is 25.2 Å². The van der Waals surface area contributed by atoms with E-state index < -0.39 is 0 Å². The van der Waals surface area contributed by atoms with Crippen LogP contribution in [0.3, 0.4) is 0 Å². The van der Waals surface area contributed by atoms with Gasteiger partial charge >= 0.3 is 0 Å². The fourth-order valence-electron chi connectivity index (χ4n) is 2.19. The second-order valence-corrected chi connectivity index (χ2v) is 4.44. The third-order valence-electron chi connectivity index (χ3n) is 3.10. The van der Waals surface area contributed by atoms with Gasteiger partial charge in [0.25, 0.3) is 0 Å². The lowest BCUT2D eigenvalue weighted by atomic mass is 10.0. The molecule has 0 unspecified atom stereocenters. The van der Waals surface area contributed by atoms with Crippen LogP contribution in [0.25, 0.3) is 6.08 Å². The number of benzene rings is 1. The molecule has 3 rings (SSSR count). The Balaban J connectivity index is 1.93. The van der Waals surface area contributed by atoms with Crippen LogP contribution in [0.15, 0.2) is 59.4 Å². The van der Waals surface area contributed by atoms with Gasteiger partial charge in [-0.25, -0.2) is 4.39 Å². The second-order valence-electron chi connectivity index (χ2n) is 4.44. The van der Waals surface area contributed by atoms with Crippen LogP contribution in [0, 0.1) is 5.82 Å². The van der Waals surface area contributed by atoms with Crippen molar-refractivity contribution in [3.63, 3.8) is 0 Å². The number of aromatic nitrogens is 1. The van der Waals surface area contributed by atoms with Gasteiger partial charge in [-0.1, -0.05) is 12.1 Å². The molecule has 0 N–H and O–H groups in total. The Morgan fingerprint density at radius 3 is 2.68 bits per heavy atom. The van der Waals surface area contributed by atoms with Crippen molar-refractivity contribution < 1.29 is 4.39 Å². The summed E-state index contributed by atoms with van der Waals surface area (Å²) in [6.07, 6.45) is 6.56. The molecule has 3 heteroatoms. The molecule has 0 radical (unpaired) electrons. The highest BCUT2D eigenvalue weighted by Gasteiger charge is 2.15. The maximum Gasteiger partial charge on any atom is 0.123 e. The fraction of sp³-hybridized carbons (Fsp3) is 0.125. The Labute approximate surface area is 111 Å². The molecule has 2 aromatic rings. The summed E-state index contributed by atoms with van der Waals surface area (Å²) in [7, 11) is 0. The fourth-order valence-corrected chi connectivity index (χ4v) is 2.19. The Kier molecular flexibility index (Phi) is 3.19. The van der Waals surface area contributed by atoms with Crippen LogP contribution in [-0.4, -0.2) is 17.2 Å². The monoisotopic (exact) mass is 252 g/mol. The van der Waals surface area contributed by atoms with Crippen molar-refractivity contribution in [1.82, 2.24) is 4.98 Å². The molecule has 0 spiro atoms. The molecule has 1 aromatic heterocycles. The van der Waals surface area contributed by atoms with Gasteiger partial charge in [0, 0.05) is 24.5 Å². The second kappa shape index (κ2) is 5.14. The minimum Gasteiger partial charge on any atom is -0.284 e. The molecule has 0 atom stereocenters. The summed E-state index contributed by atoms with van der Waals surface area (Å²) in [4.78, 5) is 8.66. The minimum atomic E-state index is -0.213. The van der Waals surface area contributed by atoms with Gasteiger partial charge in [0.15, 0.2) is 0 Å². The highest BCUT2D eigenvalue weighted by atomic mass is 19.1. The van der Waals surface area contributed by atoms with E-state index in [0.717, 1.165) is 29.8 Å². The van der Waals surface area contributed by atoms with Crippen LogP contribution < -0.4 is 0 Å². The van der Waals surface area contributed by atoms with E-state index >= 15 is 0 Å². The summed E-state index contributed by atoms with van der Waals surface area (Å²) in [6.45, 7) is 0.803. The lowest BCUT2D eigenvalue weighted by Gasteiger charge is -2.04. The molecule has 0 amide bonds. The molecule has 0 saturated carbocycles. The maximum absolute atomic E-state index is 12.9. The van der Waals surface area contributed by atoms with Gasteiger partial charge in [-0.15, -0.1) is 0 Å². The van der Waals surface area contributed by atoms with Crippen LogP contribution in [-0.2, 0) is 0 Å². The SMILES string of the molecule is Fc1ccc(/C=C2\CCN=C2c2cccnc2)cc1. The van der Waals surface area contributed by atoms with Gasteiger partial charge in [-0.3, -0.25) is 9.98 Å². The first-order valence-corrected chi connectivity index (χ1v) is 6.24. The third kappa shape index (κ3) is 2.60. The lowest BCUT2D eigenvalue weighted by Crippen LogP contribution is -2.00. The van der Waals surface area contributed by atoms with Crippen molar-refractivity contribution >= 4 is 11.8 Å². The number of hydrogen-bond acceptors (Lipinski definition) is 2. The summed E-state index contributed by atoms with van der Waals surface area (Å²) in [6, 6.07) is 10.4. The zero-order valence-electron chi connectivity index (χ0n) is 10.4. The smallest absolute Gasteiger partial charge is 0.123 e. The molecule has 0 saturated heterocycles. The Morgan fingerprint density at radius 2 is 1.95 bits per heavy atom.